The Labute approximate surface area is 342 Å². The zero-order valence-corrected chi connectivity index (χ0v) is 30.4. The number of benzene rings is 6. The molecule has 0 radical (unpaired) electrons. The summed E-state index contributed by atoms with van der Waals surface area (Å²) in [5.41, 5.74) is -15.5. The molecule has 0 spiro atoms. The molecule has 0 atom stereocenters. The number of amidine groups is 1. The first-order valence-electron chi connectivity index (χ1n) is 17.1. The third-order valence-electron chi connectivity index (χ3n) is 9.52. The SMILES string of the molecule is Fc1c(F)c(F)c([B-](N=C(N=C(c2ccccc2)c2ccc(C(F)(F)F)cc2)c2ccc(C(F)(F)F)cc2)(c2c(F)c(F)c(F)c(F)c2F)c2c(F)c(F)c(F)c(F)c2F)c(F)c1F. The Kier molecular flexibility index (Phi) is 12.2. The summed E-state index contributed by atoms with van der Waals surface area (Å²) in [6.07, 6.45) is -17.0. The van der Waals surface area contributed by atoms with Crippen LogP contribution in [-0.4, -0.2) is 17.8 Å². The molecule has 24 heteroatoms. The molecule has 0 aliphatic carbocycles. The lowest BCUT2D eigenvalue weighted by Gasteiger charge is -2.41. The van der Waals surface area contributed by atoms with Crippen molar-refractivity contribution in [1.29, 1.82) is 0 Å². The number of hydrogen-bond acceptors (Lipinski definition) is 1. The molecule has 0 bridgehead atoms. The molecule has 0 saturated carbocycles. The van der Waals surface area contributed by atoms with Crippen molar-refractivity contribution in [2.75, 3.05) is 0 Å². The summed E-state index contributed by atoms with van der Waals surface area (Å²) in [5.74, 6) is -52.3. The lowest BCUT2D eigenvalue weighted by Crippen LogP contribution is -2.72. The highest BCUT2D eigenvalue weighted by atomic mass is 19.4. The number of rotatable bonds is 7. The van der Waals surface area contributed by atoms with Gasteiger partial charge in [-0.25, -0.2) is 70.8 Å². The molecule has 0 unspecified atom stereocenters. The van der Waals surface area contributed by atoms with E-state index in [4.69, 9.17) is 0 Å². The second-order valence-corrected chi connectivity index (χ2v) is 13.2. The quantitative estimate of drug-likeness (QED) is 0.0381. The molecule has 64 heavy (non-hydrogen) atoms. The Morgan fingerprint density at radius 1 is 0.328 bits per heavy atom. The molecule has 334 valence electrons. The van der Waals surface area contributed by atoms with E-state index < -0.39 is 156 Å². The standard InChI is InChI=1S/C40H13BF21N2/c42-22-19(23(43)29(49)34(54)28(22)48)41(20-24(44)30(50)35(55)31(51)25(20)45,21-26(46)32(52)36(56)33(53)27(21)47)64-38(16-8-12-18(13-9-16)40(60,61)62)63-37(14-4-2-1-3-5-14)15-6-10-17(11-7-15)39(57,58)59/h1-13H/q-1. The molecule has 6 rings (SSSR count). The zero-order valence-electron chi connectivity index (χ0n) is 30.4. The number of hydrogen-bond donors (Lipinski definition) is 0. The number of nitrogens with zero attached hydrogens (tertiary/aromatic N) is 2. The minimum Gasteiger partial charge on any atom is -0.466 e. The smallest absolute Gasteiger partial charge is 0.416 e. The van der Waals surface area contributed by atoms with E-state index in [1.807, 2.05) is 0 Å². The van der Waals surface area contributed by atoms with Crippen molar-refractivity contribution in [3.63, 3.8) is 0 Å². The van der Waals surface area contributed by atoms with Crippen LogP contribution in [0.1, 0.15) is 27.8 Å². The summed E-state index contributed by atoms with van der Waals surface area (Å²) in [4.78, 5) is 7.25. The molecule has 0 fully saturated rings. The summed E-state index contributed by atoms with van der Waals surface area (Å²) in [6, 6.07) is 8.25. The molecule has 0 aliphatic heterocycles. The molecule has 0 heterocycles. The molecular weight excluding hydrogens is 918 g/mol. The fourth-order valence-corrected chi connectivity index (χ4v) is 6.57. The second kappa shape index (κ2) is 16.8. The van der Waals surface area contributed by atoms with Crippen LogP contribution in [0.15, 0.2) is 88.8 Å². The van der Waals surface area contributed by atoms with Gasteiger partial charge in [0, 0.05) is 16.7 Å². The number of aliphatic imine (C=N–C) groups is 1. The van der Waals surface area contributed by atoms with E-state index in [2.05, 4.69) is 9.90 Å². The van der Waals surface area contributed by atoms with Crippen LogP contribution in [0.2, 0.25) is 0 Å². The minimum absolute atomic E-state index is 0.0879. The van der Waals surface area contributed by atoms with E-state index in [1.165, 1.54) is 6.07 Å². The van der Waals surface area contributed by atoms with Gasteiger partial charge in [-0.2, -0.15) is 26.3 Å². The molecular formula is C40H13BF21N2-. The third-order valence-corrected chi connectivity index (χ3v) is 9.52. The van der Waals surface area contributed by atoms with Gasteiger partial charge in [0.05, 0.1) is 16.8 Å². The van der Waals surface area contributed by atoms with Crippen molar-refractivity contribution in [3.8, 4) is 0 Å². The summed E-state index contributed by atoms with van der Waals surface area (Å²) in [5, 5.41) is 0. The van der Waals surface area contributed by atoms with Crippen molar-refractivity contribution in [2.24, 2.45) is 9.90 Å². The predicted octanol–water partition coefficient (Wildman–Crippen LogP) is 10.8. The Morgan fingerprint density at radius 2 is 0.594 bits per heavy atom. The Morgan fingerprint density at radius 3 is 0.891 bits per heavy atom. The lowest BCUT2D eigenvalue weighted by atomic mass is 9.24. The molecule has 6 aromatic rings. The van der Waals surface area contributed by atoms with Gasteiger partial charge < -0.3 is 4.90 Å². The molecule has 0 aromatic heterocycles. The zero-order chi connectivity index (χ0) is 47.5. The van der Waals surface area contributed by atoms with Gasteiger partial charge in [-0.05, 0) is 24.3 Å². The molecule has 0 aliphatic rings. The monoisotopic (exact) mass is 931 g/mol. The summed E-state index contributed by atoms with van der Waals surface area (Å²) in [6.45, 7) is 0. The number of alkyl halides is 6. The van der Waals surface area contributed by atoms with Crippen LogP contribution in [0, 0.1) is 87.3 Å². The summed E-state index contributed by atoms with van der Waals surface area (Å²) >= 11 is 0. The lowest BCUT2D eigenvalue weighted by molar-refractivity contribution is -0.138. The maximum absolute atomic E-state index is 16.3. The van der Waals surface area contributed by atoms with Crippen LogP contribution < -0.4 is 16.4 Å². The highest BCUT2D eigenvalue weighted by Gasteiger charge is 2.49. The Hall–Kier alpha value is -6.75. The minimum atomic E-state index is -6.72. The fourth-order valence-electron chi connectivity index (χ4n) is 6.57. The largest absolute Gasteiger partial charge is 0.466 e. The fraction of sp³-hybridized carbons (Fsp3) is 0.0500. The number of halogens is 21. The maximum Gasteiger partial charge on any atom is 0.416 e. The first kappa shape index (κ1) is 46.8. The summed E-state index contributed by atoms with van der Waals surface area (Å²) in [7, 11) is 0. The van der Waals surface area contributed by atoms with Crippen molar-refractivity contribution in [1.82, 2.24) is 0 Å². The van der Waals surface area contributed by atoms with Crippen molar-refractivity contribution < 1.29 is 92.2 Å². The maximum atomic E-state index is 16.3. The normalized spacial score (nSPS) is 13.0. The Balaban J connectivity index is 2.01. The van der Waals surface area contributed by atoms with Gasteiger partial charge in [-0.3, -0.25) is 0 Å². The van der Waals surface area contributed by atoms with Crippen LogP contribution >= 0.6 is 0 Å². The molecule has 0 amide bonds. The van der Waals surface area contributed by atoms with Crippen molar-refractivity contribution in [2.45, 2.75) is 12.4 Å². The molecule has 2 nitrogen and oxygen atoms in total. The second-order valence-electron chi connectivity index (χ2n) is 13.2. The van der Waals surface area contributed by atoms with Gasteiger partial charge in [0.25, 0.3) is 0 Å². The third kappa shape index (κ3) is 7.82. The molecule has 0 saturated heterocycles. The van der Waals surface area contributed by atoms with Gasteiger partial charge >= 0.3 is 12.4 Å². The average molecular weight is 931 g/mol. The average Bonchev–Trinajstić information content (AvgIpc) is 3.26. The predicted molar refractivity (Wildman–Crippen MR) is 185 cm³/mol. The molecule has 0 N–H and O–H groups in total. The van der Waals surface area contributed by atoms with Gasteiger partial charge in [-0.15, -0.1) is 0 Å². The van der Waals surface area contributed by atoms with Crippen LogP contribution in [0.4, 0.5) is 92.2 Å². The van der Waals surface area contributed by atoms with Gasteiger partial charge in [-0.1, -0.05) is 71.0 Å². The van der Waals surface area contributed by atoms with Gasteiger partial charge in [0.2, 0.25) is 6.28 Å². The summed E-state index contributed by atoms with van der Waals surface area (Å²) < 4.78 is 315. The first-order valence-corrected chi connectivity index (χ1v) is 17.1. The Bertz CT molecular complexity index is 2640. The van der Waals surface area contributed by atoms with Gasteiger partial charge in [0.1, 0.15) is 40.7 Å². The first-order chi connectivity index (χ1) is 29.8. The van der Waals surface area contributed by atoms with Crippen LogP contribution in [0.5, 0.6) is 0 Å². The van der Waals surface area contributed by atoms with E-state index in [9.17, 15) is 39.5 Å². The molecule has 6 aromatic carbocycles. The van der Waals surface area contributed by atoms with Crippen LogP contribution in [0.3, 0.4) is 0 Å². The van der Waals surface area contributed by atoms with Crippen molar-refractivity contribution in [3.05, 3.63) is 194 Å². The van der Waals surface area contributed by atoms with Crippen molar-refractivity contribution >= 4 is 34.2 Å². The van der Waals surface area contributed by atoms with Crippen LogP contribution in [-0.2, 0) is 12.4 Å². The van der Waals surface area contributed by atoms with E-state index in [0.717, 1.165) is 24.3 Å². The highest BCUT2D eigenvalue weighted by Crippen LogP contribution is 2.33. The van der Waals surface area contributed by atoms with E-state index in [1.54, 1.807) is 0 Å². The van der Waals surface area contributed by atoms with Gasteiger partial charge in [0.15, 0.2) is 52.4 Å². The highest BCUT2D eigenvalue weighted by molar-refractivity contribution is 7.11. The van der Waals surface area contributed by atoms with Crippen LogP contribution in [0.25, 0.3) is 0 Å². The van der Waals surface area contributed by atoms with E-state index in [0.29, 0.717) is 24.3 Å². The topological polar surface area (TPSA) is 24.7 Å². The van der Waals surface area contributed by atoms with E-state index >= 15 is 52.7 Å². The van der Waals surface area contributed by atoms with E-state index in [-0.39, 0.29) is 29.8 Å².